The van der Waals surface area contributed by atoms with Crippen molar-refractivity contribution in [2.24, 2.45) is 5.11 Å². The molecule has 0 spiro atoms. The van der Waals surface area contributed by atoms with Crippen molar-refractivity contribution in [2.45, 2.75) is 5.92 Å². The Balaban J connectivity index is 2.80. The smallest absolute Gasteiger partial charge is 0.0768 e. The molecule has 0 aromatic heterocycles. The highest BCUT2D eigenvalue weighted by molar-refractivity contribution is 5.24. The lowest BCUT2D eigenvalue weighted by atomic mass is 10.0. The second kappa shape index (κ2) is 4.81. The van der Waals surface area contributed by atoms with Gasteiger partial charge in [-0.2, -0.15) is 5.26 Å². The van der Waals surface area contributed by atoms with Gasteiger partial charge in [-0.15, -0.1) is 0 Å². The monoisotopic (exact) mass is 172 g/mol. The van der Waals surface area contributed by atoms with Crippen LogP contribution in [0.4, 0.5) is 0 Å². The Labute approximate surface area is 76.1 Å². The van der Waals surface area contributed by atoms with Crippen LogP contribution < -0.4 is 0 Å². The molecular weight excluding hydrogens is 164 g/mol. The maximum Gasteiger partial charge on any atom is 0.0768 e. The molecule has 0 aliphatic rings. The summed E-state index contributed by atoms with van der Waals surface area (Å²) in [6.07, 6.45) is 0. The summed E-state index contributed by atoms with van der Waals surface area (Å²) in [5.41, 5.74) is 8.99. The van der Waals surface area contributed by atoms with E-state index in [2.05, 4.69) is 16.1 Å². The topological polar surface area (TPSA) is 72.5 Å². The van der Waals surface area contributed by atoms with Crippen LogP contribution in [0.1, 0.15) is 11.5 Å². The fourth-order valence-corrected chi connectivity index (χ4v) is 1.02. The third kappa shape index (κ3) is 2.51. The van der Waals surface area contributed by atoms with Gasteiger partial charge in [0.15, 0.2) is 0 Å². The molecule has 0 aliphatic heterocycles. The number of nitriles is 1. The van der Waals surface area contributed by atoms with Crippen molar-refractivity contribution in [3.8, 4) is 6.07 Å². The van der Waals surface area contributed by atoms with E-state index in [-0.39, 0.29) is 12.5 Å². The third-order valence-corrected chi connectivity index (χ3v) is 1.69. The lowest BCUT2D eigenvalue weighted by molar-refractivity contribution is 0.855. The number of benzene rings is 1. The minimum absolute atomic E-state index is 0.191. The maximum absolute atomic E-state index is 8.77. The molecule has 0 heterocycles. The van der Waals surface area contributed by atoms with Crippen molar-refractivity contribution in [3.63, 3.8) is 0 Å². The molecule has 0 fully saturated rings. The minimum Gasteiger partial charge on any atom is -0.198 e. The summed E-state index contributed by atoms with van der Waals surface area (Å²) in [5, 5.41) is 12.2. The normalized spacial score (nSPS) is 11.0. The zero-order chi connectivity index (χ0) is 9.52. The van der Waals surface area contributed by atoms with E-state index >= 15 is 0 Å². The van der Waals surface area contributed by atoms with E-state index < -0.39 is 0 Å². The molecule has 1 unspecified atom stereocenters. The molecular formula is C9H8N4. The van der Waals surface area contributed by atoms with E-state index in [0.29, 0.717) is 0 Å². The molecule has 1 aromatic carbocycles. The van der Waals surface area contributed by atoms with Gasteiger partial charge in [0.05, 0.1) is 12.0 Å². The van der Waals surface area contributed by atoms with Gasteiger partial charge in [0.2, 0.25) is 0 Å². The van der Waals surface area contributed by atoms with Crippen LogP contribution in [0.3, 0.4) is 0 Å². The Morgan fingerprint density at radius 2 is 2.15 bits per heavy atom. The van der Waals surface area contributed by atoms with Crippen molar-refractivity contribution in [2.75, 3.05) is 6.54 Å². The average Bonchev–Trinajstić information content (AvgIpc) is 2.21. The molecule has 64 valence electrons. The van der Waals surface area contributed by atoms with Crippen molar-refractivity contribution in [1.82, 2.24) is 0 Å². The molecule has 13 heavy (non-hydrogen) atoms. The molecule has 4 nitrogen and oxygen atoms in total. The van der Waals surface area contributed by atoms with Gasteiger partial charge >= 0.3 is 0 Å². The largest absolute Gasteiger partial charge is 0.198 e. The number of azide groups is 1. The number of hydrogen-bond donors (Lipinski definition) is 0. The van der Waals surface area contributed by atoms with Gasteiger partial charge in [-0.3, -0.25) is 0 Å². The summed E-state index contributed by atoms with van der Waals surface area (Å²) in [6.45, 7) is 0.191. The number of hydrogen-bond acceptors (Lipinski definition) is 2. The Morgan fingerprint density at radius 3 is 2.69 bits per heavy atom. The van der Waals surface area contributed by atoms with Crippen molar-refractivity contribution < 1.29 is 0 Å². The Bertz CT molecular complexity index is 346. The van der Waals surface area contributed by atoms with E-state index in [9.17, 15) is 0 Å². The highest BCUT2D eigenvalue weighted by atomic mass is 15.1. The highest BCUT2D eigenvalue weighted by Gasteiger charge is 2.07. The van der Waals surface area contributed by atoms with Crippen LogP contribution in [0.2, 0.25) is 0 Å². The maximum atomic E-state index is 8.77. The van der Waals surface area contributed by atoms with E-state index in [4.69, 9.17) is 10.8 Å². The van der Waals surface area contributed by atoms with Crippen molar-refractivity contribution in [1.29, 1.82) is 5.26 Å². The zero-order valence-corrected chi connectivity index (χ0v) is 6.96. The van der Waals surface area contributed by atoms with Gasteiger partial charge < -0.3 is 0 Å². The van der Waals surface area contributed by atoms with Crippen LogP contribution in [0, 0.1) is 11.3 Å². The highest BCUT2D eigenvalue weighted by Crippen LogP contribution is 2.14. The first kappa shape index (κ1) is 9.11. The van der Waals surface area contributed by atoms with Crippen LogP contribution in [0.15, 0.2) is 35.4 Å². The molecule has 4 heteroatoms. The molecule has 1 atom stereocenters. The predicted molar refractivity (Wildman–Crippen MR) is 48.8 cm³/mol. The Hall–Kier alpha value is -1.98. The fraction of sp³-hybridized carbons (Fsp3) is 0.222. The van der Waals surface area contributed by atoms with E-state index in [1.54, 1.807) is 0 Å². The second-order valence-electron chi connectivity index (χ2n) is 2.51. The summed E-state index contributed by atoms with van der Waals surface area (Å²) >= 11 is 0. The van der Waals surface area contributed by atoms with Crippen LogP contribution in [0.5, 0.6) is 0 Å². The lowest BCUT2D eigenvalue weighted by Gasteiger charge is -2.03. The van der Waals surface area contributed by atoms with Gasteiger partial charge in [0.1, 0.15) is 0 Å². The first-order chi connectivity index (χ1) is 6.38. The SMILES string of the molecule is N#CC(CN=[N+]=[N-])c1ccccc1. The quantitative estimate of drug-likeness (QED) is 0.392. The molecule has 1 rings (SSSR count). The summed E-state index contributed by atoms with van der Waals surface area (Å²) in [7, 11) is 0. The zero-order valence-electron chi connectivity index (χ0n) is 6.96. The summed E-state index contributed by atoms with van der Waals surface area (Å²) in [4.78, 5) is 2.62. The number of nitrogens with zero attached hydrogens (tertiary/aromatic N) is 4. The molecule has 0 radical (unpaired) electrons. The Morgan fingerprint density at radius 1 is 1.46 bits per heavy atom. The average molecular weight is 172 g/mol. The molecule has 0 aliphatic carbocycles. The summed E-state index contributed by atoms with van der Waals surface area (Å²) < 4.78 is 0. The summed E-state index contributed by atoms with van der Waals surface area (Å²) in [6, 6.07) is 11.4. The van der Waals surface area contributed by atoms with Crippen LogP contribution >= 0.6 is 0 Å². The molecule has 0 amide bonds. The Kier molecular flexibility index (Phi) is 3.37. The van der Waals surface area contributed by atoms with E-state index in [1.165, 1.54) is 0 Å². The second-order valence-corrected chi connectivity index (χ2v) is 2.51. The van der Waals surface area contributed by atoms with Crippen molar-refractivity contribution in [3.05, 3.63) is 46.3 Å². The number of rotatable bonds is 3. The summed E-state index contributed by atoms with van der Waals surface area (Å²) in [5.74, 6) is -0.336. The molecule has 0 saturated carbocycles. The minimum atomic E-state index is -0.336. The van der Waals surface area contributed by atoms with Crippen molar-refractivity contribution >= 4 is 0 Å². The van der Waals surface area contributed by atoms with Gasteiger partial charge in [-0.1, -0.05) is 35.4 Å². The first-order valence-electron chi connectivity index (χ1n) is 3.84. The standard InChI is InChI=1S/C9H8N4/c10-6-9(7-12-13-11)8-4-2-1-3-5-8/h1-5,9H,7H2. The van der Waals surface area contributed by atoms with Crippen LogP contribution in [-0.2, 0) is 0 Å². The van der Waals surface area contributed by atoms with Crippen LogP contribution in [0.25, 0.3) is 10.4 Å². The lowest BCUT2D eigenvalue weighted by Crippen LogP contribution is -1.98. The molecule has 0 bridgehead atoms. The molecule has 0 N–H and O–H groups in total. The van der Waals surface area contributed by atoms with Gasteiger partial charge in [-0.25, -0.2) is 0 Å². The fourth-order valence-electron chi connectivity index (χ4n) is 1.02. The molecule has 1 aromatic rings. The van der Waals surface area contributed by atoms with Gasteiger partial charge in [-0.05, 0) is 11.1 Å². The van der Waals surface area contributed by atoms with Gasteiger partial charge in [0.25, 0.3) is 0 Å². The van der Waals surface area contributed by atoms with E-state index in [0.717, 1.165) is 5.56 Å². The predicted octanol–water partition coefficient (Wildman–Crippen LogP) is 2.60. The van der Waals surface area contributed by atoms with Gasteiger partial charge in [0, 0.05) is 11.5 Å². The first-order valence-corrected chi connectivity index (χ1v) is 3.84. The van der Waals surface area contributed by atoms with E-state index in [1.807, 2.05) is 30.3 Å². The molecule has 0 saturated heterocycles. The third-order valence-electron chi connectivity index (χ3n) is 1.69. The van der Waals surface area contributed by atoms with Crippen LogP contribution in [-0.4, -0.2) is 6.54 Å².